The van der Waals surface area contributed by atoms with E-state index in [-0.39, 0.29) is 0 Å². The molecule has 0 unspecified atom stereocenters. The molecule has 0 atom stereocenters. The summed E-state index contributed by atoms with van der Waals surface area (Å²) in [4.78, 5) is 0. The summed E-state index contributed by atoms with van der Waals surface area (Å²) in [6, 6.07) is 3.95. The molecule has 3 heteroatoms. The van der Waals surface area contributed by atoms with Gasteiger partial charge in [-0.1, -0.05) is 13.5 Å². The first-order chi connectivity index (χ1) is 6.20. The van der Waals surface area contributed by atoms with Crippen LogP contribution in [0.1, 0.15) is 25.2 Å². The number of aryl methyl sites for hydroxylation is 1. The van der Waals surface area contributed by atoms with Gasteiger partial charge in [-0.05, 0) is 25.5 Å². The standard InChI is InChI=1S/C10H15N3/c1-4-9-6-7-10(8(3)11)13(9)12-5-2/h5-7H,3-4,11H2,1-2H3/b12-5-. The molecule has 1 aromatic heterocycles. The van der Waals surface area contributed by atoms with Gasteiger partial charge in [0.05, 0.1) is 11.4 Å². The zero-order valence-corrected chi connectivity index (χ0v) is 8.12. The van der Waals surface area contributed by atoms with Gasteiger partial charge in [-0.25, -0.2) is 4.68 Å². The quantitative estimate of drug-likeness (QED) is 0.703. The molecule has 3 nitrogen and oxygen atoms in total. The summed E-state index contributed by atoms with van der Waals surface area (Å²) in [5, 5.41) is 4.21. The van der Waals surface area contributed by atoms with Crippen molar-refractivity contribution in [3.8, 4) is 0 Å². The lowest BCUT2D eigenvalue weighted by Gasteiger charge is -2.05. The van der Waals surface area contributed by atoms with E-state index in [9.17, 15) is 0 Å². The second-order valence-corrected chi connectivity index (χ2v) is 2.77. The van der Waals surface area contributed by atoms with Gasteiger partial charge in [-0.15, -0.1) is 0 Å². The van der Waals surface area contributed by atoms with Crippen LogP contribution < -0.4 is 5.73 Å². The van der Waals surface area contributed by atoms with Crippen molar-refractivity contribution in [1.29, 1.82) is 0 Å². The average molecular weight is 177 g/mol. The van der Waals surface area contributed by atoms with Gasteiger partial charge in [-0.2, -0.15) is 5.10 Å². The molecule has 0 fully saturated rings. The maximum Gasteiger partial charge on any atom is 0.0872 e. The number of rotatable bonds is 3. The van der Waals surface area contributed by atoms with Gasteiger partial charge in [0.2, 0.25) is 0 Å². The van der Waals surface area contributed by atoms with Crippen molar-refractivity contribution in [1.82, 2.24) is 4.68 Å². The molecule has 0 saturated heterocycles. The molecule has 1 aromatic rings. The molecule has 0 amide bonds. The Kier molecular flexibility index (Phi) is 2.90. The van der Waals surface area contributed by atoms with Gasteiger partial charge in [0.25, 0.3) is 0 Å². The average Bonchev–Trinajstić information content (AvgIpc) is 2.48. The summed E-state index contributed by atoms with van der Waals surface area (Å²) < 4.78 is 1.82. The molecular weight excluding hydrogens is 162 g/mol. The Morgan fingerprint density at radius 3 is 2.85 bits per heavy atom. The first-order valence-corrected chi connectivity index (χ1v) is 4.35. The van der Waals surface area contributed by atoms with Crippen LogP contribution in [0.2, 0.25) is 0 Å². The fraction of sp³-hybridized carbons (Fsp3) is 0.300. The number of nitrogens with two attached hydrogens (primary N) is 1. The minimum atomic E-state index is 0.547. The number of hydrogen-bond donors (Lipinski definition) is 1. The Hall–Kier alpha value is -1.51. The van der Waals surface area contributed by atoms with E-state index in [1.165, 1.54) is 0 Å². The summed E-state index contributed by atoms with van der Waals surface area (Å²) in [5.74, 6) is 0. The largest absolute Gasteiger partial charge is 0.397 e. The molecule has 0 aliphatic rings. The smallest absolute Gasteiger partial charge is 0.0872 e. The van der Waals surface area contributed by atoms with Gasteiger partial charge in [0.15, 0.2) is 0 Å². The zero-order valence-electron chi connectivity index (χ0n) is 8.12. The van der Waals surface area contributed by atoms with Crippen LogP contribution in [0.15, 0.2) is 23.8 Å². The van der Waals surface area contributed by atoms with Crippen molar-refractivity contribution in [3.63, 3.8) is 0 Å². The van der Waals surface area contributed by atoms with Crippen LogP contribution in [0.3, 0.4) is 0 Å². The highest BCUT2D eigenvalue weighted by atomic mass is 15.4. The van der Waals surface area contributed by atoms with Crippen LogP contribution in [0, 0.1) is 0 Å². The third kappa shape index (κ3) is 1.80. The lowest BCUT2D eigenvalue weighted by atomic mass is 10.3. The molecule has 1 heterocycles. The zero-order chi connectivity index (χ0) is 9.84. The second kappa shape index (κ2) is 3.94. The van der Waals surface area contributed by atoms with Gasteiger partial charge in [0, 0.05) is 11.9 Å². The molecule has 0 radical (unpaired) electrons. The molecule has 70 valence electrons. The fourth-order valence-corrected chi connectivity index (χ4v) is 1.23. The Morgan fingerprint density at radius 2 is 2.38 bits per heavy atom. The molecule has 0 bridgehead atoms. The van der Waals surface area contributed by atoms with E-state index in [0.717, 1.165) is 17.8 Å². The van der Waals surface area contributed by atoms with Crippen LogP contribution >= 0.6 is 0 Å². The van der Waals surface area contributed by atoms with Crippen LogP contribution in [0.25, 0.3) is 5.70 Å². The van der Waals surface area contributed by atoms with Crippen LogP contribution in [0.5, 0.6) is 0 Å². The molecule has 0 aliphatic carbocycles. The predicted octanol–water partition coefficient (Wildman–Crippen LogP) is 1.83. The molecule has 2 N–H and O–H groups in total. The maximum atomic E-state index is 5.62. The number of nitrogens with zero attached hydrogens (tertiary/aromatic N) is 2. The van der Waals surface area contributed by atoms with Gasteiger partial charge >= 0.3 is 0 Å². The second-order valence-electron chi connectivity index (χ2n) is 2.77. The molecule has 0 saturated carbocycles. The molecule has 0 aliphatic heterocycles. The van der Waals surface area contributed by atoms with E-state index >= 15 is 0 Å². The van der Waals surface area contributed by atoms with Crippen molar-refractivity contribution in [2.75, 3.05) is 0 Å². The van der Waals surface area contributed by atoms with Gasteiger partial charge in [-0.3, -0.25) is 0 Å². The third-order valence-electron chi connectivity index (χ3n) is 1.86. The normalized spacial score (nSPS) is 10.9. The molecule has 0 aromatic carbocycles. The van der Waals surface area contributed by atoms with Crippen LogP contribution in [-0.2, 0) is 6.42 Å². The molecule has 0 spiro atoms. The summed E-state index contributed by atoms with van der Waals surface area (Å²) in [7, 11) is 0. The summed E-state index contributed by atoms with van der Waals surface area (Å²) in [5.41, 5.74) is 8.18. The third-order valence-corrected chi connectivity index (χ3v) is 1.86. The Labute approximate surface area is 78.6 Å². The first-order valence-electron chi connectivity index (χ1n) is 4.35. The molecular formula is C10H15N3. The fourth-order valence-electron chi connectivity index (χ4n) is 1.23. The Bertz CT molecular complexity index is 334. The van der Waals surface area contributed by atoms with Crippen LogP contribution in [-0.4, -0.2) is 10.9 Å². The lowest BCUT2D eigenvalue weighted by molar-refractivity contribution is 0.801. The lowest BCUT2D eigenvalue weighted by Crippen LogP contribution is -2.03. The van der Waals surface area contributed by atoms with Crippen LogP contribution in [0.4, 0.5) is 0 Å². The predicted molar refractivity (Wildman–Crippen MR) is 56.6 cm³/mol. The highest BCUT2D eigenvalue weighted by molar-refractivity contribution is 5.60. The Morgan fingerprint density at radius 1 is 1.69 bits per heavy atom. The molecule has 1 rings (SSSR count). The van der Waals surface area contributed by atoms with Crippen molar-refractivity contribution in [3.05, 3.63) is 30.1 Å². The van der Waals surface area contributed by atoms with E-state index in [2.05, 4.69) is 18.6 Å². The summed E-state index contributed by atoms with van der Waals surface area (Å²) in [6.45, 7) is 7.66. The van der Waals surface area contributed by atoms with E-state index in [0.29, 0.717) is 5.70 Å². The first kappa shape index (κ1) is 9.58. The number of hydrogen-bond acceptors (Lipinski definition) is 2. The summed E-state index contributed by atoms with van der Waals surface area (Å²) in [6.07, 6.45) is 2.68. The minimum Gasteiger partial charge on any atom is -0.397 e. The highest BCUT2D eigenvalue weighted by Crippen LogP contribution is 2.13. The van der Waals surface area contributed by atoms with E-state index in [1.54, 1.807) is 6.21 Å². The molecule has 13 heavy (non-hydrogen) atoms. The Balaban J connectivity index is 3.21. The minimum absolute atomic E-state index is 0.547. The van der Waals surface area contributed by atoms with Gasteiger partial charge in [0.1, 0.15) is 0 Å². The van der Waals surface area contributed by atoms with E-state index in [4.69, 9.17) is 5.73 Å². The highest BCUT2D eigenvalue weighted by Gasteiger charge is 2.05. The van der Waals surface area contributed by atoms with Crippen molar-refractivity contribution in [2.45, 2.75) is 20.3 Å². The van der Waals surface area contributed by atoms with Crippen molar-refractivity contribution >= 4 is 11.9 Å². The topological polar surface area (TPSA) is 43.3 Å². The summed E-state index contributed by atoms with van der Waals surface area (Å²) >= 11 is 0. The SMILES string of the molecule is C=C(N)c1ccc(CC)n1/N=C\C. The monoisotopic (exact) mass is 177 g/mol. The number of aromatic nitrogens is 1. The maximum absolute atomic E-state index is 5.62. The van der Waals surface area contributed by atoms with E-state index < -0.39 is 0 Å². The van der Waals surface area contributed by atoms with E-state index in [1.807, 2.05) is 23.7 Å². The van der Waals surface area contributed by atoms with Gasteiger partial charge < -0.3 is 5.73 Å². The van der Waals surface area contributed by atoms with Crippen molar-refractivity contribution in [2.24, 2.45) is 10.8 Å². The van der Waals surface area contributed by atoms with Crippen molar-refractivity contribution < 1.29 is 0 Å².